The number of rotatable bonds is 7. The third kappa shape index (κ3) is 4.15. The molecule has 2 N–H and O–H groups in total. The number of hydrogen-bond acceptors (Lipinski definition) is 4. The summed E-state index contributed by atoms with van der Waals surface area (Å²) >= 11 is 0. The Kier molecular flexibility index (Phi) is 5.06. The van der Waals surface area contributed by atoms with Crippen LogP contribution in [-0.2, 0) is 20.1 Å². The summed E-state index contributed by atoms with van der Waals surface area (Å²) in [5.74, 6) is 0.980. The van der Waals surface area contributed by atoms with Crippen molar-refractivity contribution in [2.24, 2.45) is 12.8 Å². The van der Waals surface area contributed by atoms with E-state index in [2.05, 4.69) is 39.2 Å². The predicted octanol–water partition coefficient (Wildman–Crippen LogP) is 1.17. The Morgan fingerprint density at radius 2 is 2.00 bits per heavy atom. The smallest absolute Gasteiger partial charge is 0.140 e. The quantitative estimate of drug-likeness (QED) is 0.811. The molecular formula is C14H21N5. The van der Waals surface area contributed by atoms with E-state index in [0.717, 1.165) is 31.9 Å². The second-order valence-electron chi connectivity index (χ2n) is 4.64. The molecule has 5 nitrogen and oxygen atoms in total. The van der Waals surface area contributed by atoms with Gasteiger partial charge in [-0.05, 0) is 18.5 Å². The maximum atomic E-state index is 5.61. The Morgan fingerprint density at radius 1 is 1.21 bits per heavy atom. The molecule has 0 spiro atoms. The van der Waals surface area contributed by atoms with Crippen LogP contribution >= 0.6 is 0 Å². The molecule has 0 aliphatic rings. The van der Waals surface area contributed by atoms with E-state index < -0.39 is 0 Å². The number of benzene rings is 1. The molecule has 102 valence electrons. The minimum Gasteiger partial charge on any atom is -0.330 e. The van der Waals surface area contributed by atoms with Crippen LogP contribution in [0, 0.1) is 0 Å². The molecule has 1 aromatic heterocycles. The monoisotopic (exact) mass is 259 g/mol. The normalized spacial score (nSPS) is 11.1. The van der Waals surface area contributed by atoms with Crippen LogP contribution in [-0.4, -0.2) is 32.8 Å². The van der Waals surface area contributed by atoms with E-state index in [1.54, 1.807) is 6.33 Å². The van der Waals surface area contributed by atoms with E-state index in [0.29, 0.717) is 6.54 Å². The Balaban J connectivity index is 2.01. The Hall–Kier alpha value is -1.72. The van der Waals surface area contributed by atoms with Crippen LogP contribution in [0.3, 0.4) is 0 Å². The van der Waals surface area contributed by atoms with E-state index in [4.69, 9.17) is 5.73 Å². The number of aryl methyl sites for hydroxylation is 1. The zero-order valence-corrected chi connectivity index (χ0v) is 11.4. The number of nitrogens with zero attached hydrogens (tertiary/aromatic N) is 4. The molecule has 0 amide bonds. The maximum absolute atomic E-state index is 5.61. The number of aromatic nitrogens is 3. The second kappa shape index (κ2) is 7.01. The lowest BCUT2D eigenvalue weighted by molar-refractivity contribution is 0.245. The fraction of sp³-hybridized carbons (Fsp3) is 0.429. The molecular weight excluding hydrogens is 238 g/mol. The number of nitrogens with two attached hydrogens (primary N) is 1. The van der Waals surface area contributed by atoms with E-state index >= 15 is 0 Å². The molecule has 0 saturated heterocycles. The van der Waals surface area contributed by atoms with E-state index in [1.807, 2.05) is 17.8 Å². The second-order valence-corrected chi connectivity index (χ2v) is 4.64. The molecule has 5 heteroatoms. The Labute approximate surface area is 114 Å². The minimum absolute atomic E-state index is 0.712. The van der Waals surface area contributed by atoms with E-state index in [1.165, 1.54) is 5.56 Å². The van der Waals surface area contributed by atoms with Crippen molar-refractivity contribution in [1.82, 2.24) is 19.7 Å². The van der Waals surface area contributed by atoms with Gasteiger partial charge in [-0.2, -0.15) is 5.10 Å². The molecule has 2 rings (SSSR count). The van der Waals surface area contributed by atoms with Crippen LogP contribution in [0.25, 0.3) is 0 Å². The molecule has 1 aromatic carbocycles. The van der Waals surface area contributed by atoms with Gasteiger partial charge >= 0.3 is 0 Å². The van der Waals surface area contributed by atoms with Gasteiger partial charge in [-0.3, -0.25) is 9.58 Å². The summed E-state index contributed by atoms with van der Waals surface area (Å²) in [7, 11) is 1.92. The lowest BCUT2D eigenvalue weighted by atomic mass is 10.2. The van der Waals surface area contributed by atoms with Gasteiger partial charge in [-0.1, -0.05) is 30.3 Å². The van der Waals surface area contributed by atoms with Crippen LogP contribution in [0.1, 0.15) is 17.8 Å². The highest BCUT2D eigenvalue weighted by Gasteiger charge is 2.10. The van der Waals surface area contributed by atoms with Gasteiger partial charge in [-0.15, -0.1) is 0 Å². The van der Waals surface area contributed by atoms with Crippen molar-refractivity contribution >= 4 is 0 Å². The van der Waals surface area contributed by atoms with Gasteiger partial charge in [0.1, 0.15) is 12.2 Å². The standard InChI is InChI=1S/C14H21N5/c1-18-14(16-12-17-18)11-19(9-5-8-15)10-13-6-3-2-4-7-13/h2-4,6-7,12H,5,8-11,15H2,1H3. The lowest BCUT2D eigenvalue weighted by Gasteiger charge is -2.21. The van der Waals surface area contributed by atoms with Crippen molar-refractivity contribution in [2.45, 2.75) is 19.5 Å². The zero-order valence-electron chi connectivity index (χ0n) is 11.4. The molecule has 0 unspecified atom stereocenters. The molecule has 1 heterocycles. The largest absolute Gasteiger partial charge is 0.330 e. The highest BCUT2D eigenvalue weighted by atomic mass is 15.3. The predicted molar refractivity (Wildman–Crippen MR) is 75.2 cm³/mol. The lowest BCUT2D eigenvalue weighted by Crippen LogP contribution is -2.27. The molecule has 0 aliphatic heterocycles. The third-order valence-corrected chi connectivity index (χ3v) is 3.10. The first-order valence-corrected chi connectivity index (χ1v) is 6.59. The highest BCUT2D eigenvalue weighted by Crippen LogP contribution is 2.08. The summed E-state index contributed by atoms with van der Waals surface area (Å²) in [5.41, 5.74) is 6.92. The Morgan fingerprint density at radius 3 is 2.63 bits per heavy atom. The number of hydrogen-bond donors (Lipinski definition) is 1. The maximum Gasteiger partial charge on any atom is 0.140 e. The summed E-state index contributed by atoms with van der Waals surface area (Å²) < 4.78 is 1.82. The Bertz CT molecular complexity index is 480. The van der Waals surface area contributed by atoms with Crippen molar-refractivity contribution in [1.29, 1.82) is 0 Å². The molecule has 0 fully saturated rings. The SMILES string of the molecule is Cn1ncnc1CN(CCCN)Cc1ccccc1. The third-order valence-electron chi connectivity index (χ3n) is 3.10. The van der Waals surface area contributed by atoms with Crippen LogP contribution in [0.15, 0.2) is 36.7 Å². The van der Waals surface area contributed by atoms with Gasteiger partial charge in [0.15, 0.2) is 0 Å². The molecule has 0 aliphatic carbocycles. The molecule has 19 heavy (non-hydrogen) atoms. The summed E-state index contributed by atoms with van der Waals surface area (Å²) in [6.45, 7) is 3.39. The fourth-order valence-corrected chi connectivity index (χ4v) is 2.03. The van der Waals surface area contributed by atoms with Gasteiger partial charge in [0.05, 0.1) is 6.54 Å². The van der Waals surface area contributed by atoms with Gasteiger partial charge in [0, 0.05) is 20.1 Å². The summed E-state index contributed by atoms with van der Waals surface area (Å²) in [4.78, 5) is 6.64. The summed E-state index contributed by atoms with van der Waals surface area (Å²) in [5, 5.41) is 4.11. The highest BCUT2D eigenvalue weighted by molar-refractivity contribution is 5.14. The van der Waals surface area contributed by atoms with Crippen molar-refractivity contribution in [3.8, 4) is 0 Å². The van der Waals surface area contributed by atoms with Crippen molar-refractivity contribution in [3.05, 3.63) is 48.0 Å². The average molecular weight is 259 g/mol. The fourth-order valence-electron chi connectivity index (χ4n) is 2.03. The topological polar surface area (TPSA) is 60.0 Å². The van der Waals surface area contributed by atoms with Gasteiger partial charge in [0.25, 0.3) is 0 Å². The first-order valence-electron chi connectivity index (χ1n) is 6.59. The van der Waals surface area contributed by atoms with E-state index in [9.17, 15) is 0 Å². The van der Waals surface area contributed by atoms with Crippen LogP contribution in [0.2, 0.25) is 0 Å². The summed E-state index contributed by atoms with van der Waals surface area (Å²) in [6, 6.07) is 10.5. The molecule has 0 radical (unpaired) electrons. The summed E-state index contributed by atoms with van der Waals surface area (Å²) in [6.07, 6.45) is 2.59. The first-order chi connectivity index (χ1) is 9.29. The van der Waals surface area contributed by atoms with Crippen molar-refractivity contribution in [3.63, 3.8) is 0 Å². The molecule has 0 saturated carbocycles. The van der Waals surface area contributed by atoms with Crippen molar-refractivity contribution < 1.29 is 0 Å². The van der Waals surface area contributed by atoms with Gasteiger partial charge < -0.3 is 5.73 Å². The van der Waals surface area contributed by atoms with E-state index in [-0.39, 0.29) is 0 Å². The zero-order chi connectivity index (χ0) is 13.5. The van der Waals surface area contributed by atoms with Crippen LogP contribution < -0.4 is 5.73 Å². The first kappa shape index (κ1) is 13.7. The van der Waals surface area contributed by atoms with Gasteiger partial charge in [0.2, 0.25) is 0 Å². The molecule has 0 atom stereocenters. The van der Waals surface area contributed by atoms with Crippen LogP contribution in [0.5, 0.6) is 0 Å². The van der Waals surface area contributed by atoms with Gasteiger partial charge in [-0.25, -0.2) is 4.98 Å². The molecule has 2 aromatic rings. The molecule has 0 bridgehead atoms. The average Bonchev–Trinajstić information content (AvgIpc) is 2.83. The minimum atomic E-state index is 0.712. The van der Waals surface area contributed by atoms with Crippen molar-refractivity contribution in [2.75, 3.05) is 13.1 Å². The van der Waals surface area contributed by atoms with Crippen LogP contribution in [0.4, 0.5) is 0 Å².